The molecule has 0 atom stereocenters. The molecule has 0 spiro atoms. The van der Waals surface area contributed by atoms with Crippen LogP contribution < -0.4 is 15.4 Å². The standard InChI is InChI=1S/C20H22ClN3O6S/c1-14(25)22-15-2-4-16(5-3-15)23-20(26)13-30-19-7-6-17(12-18(19)21)31(27,28)24-8-10-29-11-9-24/h2-7,12H,8-11,13H2,1H3,(H,22,25)(H,23,26). The molecule has 1 fully saturated rings. The third kappa shape index (κ3) is 6.17. The molecule has 2 N–H and O–H groups in total. The van der Waals surface area contributed by atoms with Crippen molar-refractivity contribution in [2.24, 2.45) is 0 Å². The minimum atomic E-state index is -3.68. The number of carbonyl (C=O) groups is 2. The van der Waals surface area contributed by atoms with Gasteiger partial charge in [0, 0.05) is 31.4 Å². The lowest BCUT2D eigenvalue weighted by Crippen LogP contribution is -2.40. The number of benzene rings is 2. The minimum Gasteiger partial charge on any atom is -0.482 e. The van der Waals surface area contributed by atoms with Gasteiger partial charge in [0.25, 0.3) is 5.91 Å². The molecule has 3 rings (SSSR count). The lowest BCUT2D eigenvalue weighted by molar-refractivity contribution is -0.118. The second kappa shape index (κ2) is 10.1. The van der Waals surface area contributed by atoms with E-state index < -0.39 is 15.9 Å². The van der Waals surface area contributed by atoms with Gasteiger partial charge in [0.2, 0.25) is 15.9 Å². The van der Waals surface area contributed by atoms with Gasteiger partial charge in [-0.3, -0.25) is 9.59 Å². The maximum absolute atomic E-state index is 12.7. The number of halogens is 1. The first kappa shape index (κ1) is 23.0. The molecule has 0 aromatic heterocycles. The summed E-state index contributed by atoms with van der Waals surface area (Å²) in [6, 6.07) is 10.7. The summed E-state index contributed by atoms with van der Waals surface area (Å²) in [5.41, 5.74) is 1.14. The first-order valence-corrected chi connectivity index (χ1v) is 11.3. The number of rotatable bonds is 7. The van der Waals surface area contributed by atoms with E-state index in [-0.39, 0.29) is 41.3 Å². The highest BCUT2D eigenvalue weighted by molar-refractivity contribution is 7.89. The van der Waals surface area contributed by atoms with Crippen LogP contribution in [0.1, 0.15) is 6.92 Å². The molecule has 31 heavy (non-hydrogen) atoms. The van der Waals surface area contributed by atoms with Crippen LogP contribution in [0.2, 0.25) is 5.02 Å². The number of morpholine rings is 1. The van der Waals surface area contributed by atoms with Gasteiger partial charge in [-0.05, 0) is 42.5 Å². The first-order valence-electron chi connectivity index (χ1n) is 9.43. The van der Waals surface area contributed by atoms with Crippen LogP contribution >= 0.6 is 11.6 Å². The predicted molar refractivity (Wildman–Crippen MR) is 116 cm³/mol. The smallest absolute Gasteiger partial charge is 0.262 e. The van der Waals surface area contributed by atoms with Gasteiger partial charge in [0.15, 0.2) is 6.61 Å². The third-order valence-corrected chi connectivity index (χ3v) is 6.55. The van der Waals surface area contributed by atoms with Crippen molar-refractivity contribution in [1.82, 2.24) is 4.31 Å². The third-order valence-electron chi connectivity index (χ3n) is 4.36. The van der Waals surface area contributed by atoms with Crippen LogP contribution in [0, 0.1) is 0 Å². The molecule has 2 aromatic carbocycles. The van der Waals surface area contributed by atoms with Crippen LogP contribution in [0.25, 0.3) is 0 Å². The van der Waals surface area contributed by atoms with Crippen molar-refractivity contribution >= 4 is 44.8 Å². The molecule has 2 aromatic rings. The van der Waals surface area contributed by atoms with E-state index in [2.05, 4.69) is 10.6 Å². The lowest BCUT2D eigenvalue weighted by atomic mass is 10.2. The summed E-state index contributed by atoms with van der Waals surface area (Å²) in [5.74, 6) is -0.419. The molecule has 1 heterocycles. The van der Waals surface area contributed by atoms with E-state index in [4.69, 9.17) is 21.1 Å². The molecule has 0 unspecified atom stereocenters. The zero-order chi connectivity index (χ0) is 22.4. The van der Waals surface area contributed by atoms with Crippen molar-refractivity contribution in [3.8, 4) is 5.75 Å². The highest BCUT2D eigenvalue weighted by Crippen LogP contribution is 2.29. The van der Waals surface area contributed by atoms with Gasteiger partial charge < -0.3 is 20.1 Å². The van der Waals surface area contributed by atoms with Crippen LogP contribution in [0.4, 0.5) is 11.4 Å². The molecule has 0 bridgehead atoms. The maximum Gasteiger partial charge on any atom is 0.262 e. The Morgan fingerprint density at radius 3 is 2.26 bits per heavy atom. The number of amides is 2. The fourth-order valence-corrected chi connectivity index (χ4v) is 4.61. The van der Waals surface area contributed by atoms with Crippen LogP contribution in [0.15, 0.2) is 47.4 Å². The van der Waals surface area contributed by atoms with E-state index in [9.17, 15) is 18.0 Å². The fraction of sp³-hybridized carbons (Fsp3) is 0.300. The van der Waals surface area contributed by atoms with Crippen molar-refractivity contribution in [3.63, 3.8) is 0 Å². The van der Waals surface area contributed by atoms with E-state index in [1.165, 1.54) is 29.4 Å². The number of nitrogens with zero attached hydrogens (tertiary/aromatic N) is 1. The first-order chi connectivity index (χ1) is 14.8. The fourth-order valence-electron chi connectivity index (χ4n) is 2.88. The summed E-state index contributed by atoms with van der Waals surface area (Å²) < 4.78 is 37.3. The quantitative estimate of drug-likeness (QED) is 0.646. The molecule has 1 aliphatic heterocycles. The SMILES string of the molecule is CC(=O)Nc1ccc(NC(=O)COc2ccc(S(=O)(=O)N3CCOCC3)cc2Cl)cc1. The van der Waals surface area contributed by atoms with Crippen LogP contribution in [0.3, 0.4) is 0 Å². The normalized spacial score (nSPS) is 14.6. The average Bonchev–Trinajstić information content (AvgIpc) is 2.74. The van der Waals surface area contributed by atoms with Crippen molar-refractivity contribution < 1.29 is 27.5 Å². The molecular formula is C20H22ClN3O6S. The number of ether oxygens (including phenoxy) is 2. The van der Waals surface area contributed by atoms with Gasteiger partial charge in [-0.1, -0.05) is 11.6 Å². The Morgan fingerprint density at radius 1 is 1.06 bits per heavy atom. The molecule has 11 heteroatoms. The van der Waals surface area contributed by atoms with Gasteiger partial charge in [0.05, 0.1) is 23.1 Å². The lowest BCUT2D eigenvalue weighted by Gasteiger charge is -2.26. The van der Waals surface area contributed by atoms with Gasteiger partial charge in [0.1, 0.15) is 5.75 Å². The summed E-state index contributed by atoms with van der Waals surface area (Å²) in [6.45, 7) is 2.35. The Balaban J connectivity index is 1.57. The number of sulfonamides is 1. The van der Waals surface area contributed by atoms with Crippen molar-refractivity contribution in [2.75, 3.05) is 43.5 Å². The number of anilines is 2. The zero-order valence-electron chi connectivity index (χ0n) is 16.8. The second-order valence-electron chi connectivity index (χ2n) is 6.70. The van der Waals surface area contributed by atoms with Crippen molar-refractivity contribution in [1.29, 1.82) is 0 Å². The molecule has 0 radical (unpaired) electrons. The maximum atomic E-state index is 12.7. The molecule has 0 aliphatic carbocycles. The summed E-state index contributed by atoms with van der Waals surface area (Å²) >= 11 is 6.18. The highest BCUT2D eigenvalue weighted by Gasteiger charge is 2.27. The molecule has 166 valence electrons. The van der Waals surface area contributed by atoms with Crippen LogP contribution in [-0.2, 0) is 24.3 Å². The predicted octanol–water partition coefficient (Wildman–Crippen LogP) is 2.34. The Morgan fingerprint density at radius 2 is 1.68 bits per heavy atom. The summed E-state index contributed by atoms with van der Waals surface area (Å²) in [7, 11) is -3.68. The van der Waals surface area contributed by atoms with Gasteiger partial charge in [-0.2, -0.15) is 4.31 Å². The second-order valence-corrected chi connectivity index (χ2v) is 9.05. The molecule has 0 saturated carbocycles. The van der Waals surface area contributed by atoms with E-state index in [1.54, 1.807) is 24.3 Å². The van der Waals surface area contributed by atoms with E-state index in [0.717, 1.165) is 0 Å². The summed E-state index contributed by atoms with van der Waals surface area (Å²) in [5, 5.41) is 5.37. The topological polar surface area (TPSA) is 114 Å². The van der Waals surface area contributed by atoms with E-state index in [1.807, 2.05) is 0 Å². The van der Waals surface area contributed by atoms with Crippen LogP contribution in [0.5, 0.6) is 5.75 Å². The van der Waals surface area contributed by atoms with Crippen molar-refractivity contribution in [2.45, 2.75) is 11.8 Å². The Kier molecular flexibility index (Phi) is 7.50. The van der Waals surface area contributed by atoms with Crippen LogP contribution in [-0.4, -0.2) is 57.4 Å². The summed E-state index contributed by atoms with van der Waals surface area (Å²) in [4.78, 5) is 23.2. The summed E-state index contributed by atoms with van der Waals surface area (Å²) in [6.07, 6.45) is 0. The number of hydrogen-bond acceptors (Lipinski definition) is 6. The molecule has 1 saturated heterocycles. The highest BCUT2D eigenvalue weighted by atomic mass is 35.5. The van der Waals surface area contributed by atoms with E-state index >= 15 is 0 Å². The average molecular weight is 468 g/mol. The number of nitrogens with one attached hydrogen (secondary N) is 2. The number of carbonyl (C=O) groups excluding carboxylic acids is 2. The van der Waals surface area contributed by atoms with Gasteiger partial charge in [-0.25, -0.2) is 8.42 Å². The zero-order valence-corrected chi connectivity index (χ0v) is 18.3. The molecule has 2 amide bonds. The number of hydrogen-bond donors (Lipinski definition) is 2. The van der Waals surface area contributed by atoms with E-state index in [0.29, 0.717) is 24.6 Å². The minimum absolute atomic E-state index is 0.0514. The largest absolute Gasteiger partial charge is 0.482 e. The van der Waals surface area contributed by atoms with Gasteiger partial charge in [-0.15, -0.1) is 0 Å². The van der Waals surface area contributed by atoms with Crippen molar-refractivity contribution in [3.05, 3.63) is 47.5 Å². The van der Waals surface area contributed by atoms with Gasteiger partial charge >= 0.3 is 0 Å². The Bertz CT molecular complexity index is 1050. The molecular weight excluding hydrogens is 446 g/mol. The molecule has 1 aliphatic rings. The molecule has 9 nitrogen and oxygen atoms in total. The Labute approximate surface area is 185 Å². The monoisotopic (exact) mass is 467 g/mol. The Hall–Kier alpha value is -2.66.